The van der Waals surface area contributed by atoms with Crippen molar-refractivity contribution in [3.05, 3.63) is 41.6 Å². The fourth-order valence-electron chi connectivity index (χ4n) is 1.18. The molecular weight excluding hydrogens is 226 g/mol. The first-order valence-corrected chi connectivity index (χ1v) is 6.45. The Balaban J connectivity index is 2.28. The highest BCUT2D eigenvalue weighted by Gasteiger charge is 2.20. The Morgan fingerprint density at radius 2 is 2.07 bits per heavy atom. The normalized spacial score (nSPS) is 18.3. The molecule has 0 bridgehead atoms. The highest BCUT2D eigenvalue weighted by atomic mass is 32.2. The van der Waals surface area contributed by atoms with Crippen LogP contribution in [-0.4, -0.2) is 15.7 Å². The quantitative estimate of drug-likeness (QED) is 0.701. The highest BCUT2D eigenvalue weighted by Crippen LogP contribution is 2.29. The molecule has 4 heteroatoms. The molecule has 0 aromatic heterocycles. The maximum atomic E-state index is 11.5. The van der Waals surface area contributed by atoms with Crippen LogP contribution in [-0.2, 0) is 4.79 Å². The lowest BCUT2D eigenvalue weighted by molar-refractivity contribution is -0.107. The van der Waals surface area contributed by atoms with Crippen molar-refractivity contribution in [2.45, 2.75) is 0 Å². The van der Waals surface area contributed by atoms with E-state index in [0.717, 1.165) is 9.94 Å². The third-order valence-corrected chi connectivity index (χ3v) is 3.73. The molecule has 0 aliphatic carbocycles. The molecule has 0 saturated heterocycles. The van der Waals surface area contributed by atoms with E-state index in [1.165, 1.54) is 23.5 Å². The topological polar surface area (TPSA) is 29.4 Å². The minimum absolute atomic E-state index is 0.0307. The molecule has 1 aliphatic rings. The lowest BCUT2D eigenvalue weighted by atomic mass is 10.2. The predicted molar refractivity (Wildman–Crippen MR) is 68.0 cm³/mol. The van der Waals surface area contributed by atoms with Gasteiger partial charge in [0, 0.05) is 0 Å². The van der Waals surface area contributed by atoms with Gasteiger partial charge >= 0.3 is 0 Å². The maximum absolute atomic E-state index is 11.5. The van der Waals surface area contributed by atoms with Gasteiger partial charge in [0.05, 0.1) is 0 Å². The van der Waals surface area contributed by atoms with Crippen molar-refractivity contribution in [2.75, 3.05) is 6.26 Å². The molecule has 0 unspecified atom stereocenters. The van der Waals surface area contributed by atoms with Gasteiger partial charge in [0.25, 0.3) is 0 Å². The number of benzene rings is 1. The van der Waals surface area contributed by atoms with Gasteiger partial charge in [-0.15, -0.1) is 11.8 Å². The summed E-state index contributed by atoms with van der Waals surface area (Å²) in [5.41, 5.74) is 1.54. The number of nitrogens with zero attached hydrogens (tertiary/aromatic N) is 1. The molecule has 0 amide bonds. The summed E-state index contributed by atoms with van der Waals surface area (Å²) in [6, 6.07) is 9.75. The van der Waals surface area contributed by atoms with E-state index in [0.29, 0.717) is 5.70 Å². The summed E-state index contributed by atoms with van der Waals surface area (Å²) in [7, 11) is 0. The summed E-state index contributed by atoms with van der Waals surface area (Å²) in [6.45, 7) is 0. The zero-order valence-corrected chi connectivity index (χ0v) is 9.77. The number of hydrogen-bond donors (Lipinski definition) is 0. The van der Waals surface area contributed by atoms with E-state index in [2.05, 4.69) is 4.99 Å². The molecule has 0 saturated carbocycles. The second-order valence-electron chi connectivity index (χ2n) is 2.91. The van der Waals surface area contributed by atoms with Gasteiger partial charge in [-0.25, -0.2) is 4.99 Å². The van der Waals surface area contributed by atoms with Gasteiger partial charge in [-0.2, -0.15) is 0 Å². The summed E-state index contributed by atoms with van der Waals surface area (Å²) in [5.74, 6) is 0. The number of carbonyl (C=O) groups is 1. The highest BCUT2D eigenvalue weighted by molar-refractivity contribution is 8.45. The van der Waals surface area contributed by atoms with E-state index < -0.39 is 0 Å². The van der Waals surface area contributed by atoms with E-state index in [9.17, 15) is 4.79 Å². The van der Waals surface area contributed by atoms with Crippen molar-refractivity contribution in [2.24, 2.45) is 4.99 Å². The fourth-order valence-corrected chi connectivity index (χ4v) is 2.45. The van der Waals surface area contributed by atoms with Gasteiger partial charge in [0.2, 0.25) is 5.12 Å². The lowest BCUT2D eigenvalue weighted by Gasteiger charge is -1.92. The Kier molecular flexibility index (Phi) is 3.28. The van der Waals surface area contributed by atoms with E-state index in [1.54, 1.807) is 0 Å². The Morgan fingerprint density at radius 1 is 1.33 bits per heavy atom. The largest absolute Gasteiger partial charge is 0.279 e. The third-order valence-electron chi connectivity index (χ3n) is 1.88. The van der Waals surface area contributed by atoms with Crippen LogP contribution >= 0.6 is 23.5 Å². The number of carbonyl (C=O) groups excluding carboxylic acids is 1. The zero-order chi connectivity index (χ0) is 10.7. The summed E-state index contributed by atoms with van der Waals surface area (Å²) in [6.07, 6.45) is 3.74. The summed E-state index contributed by atoms with van der Waals surface area (Å²) < 4.78 is 0.821. The summed E-state index contributed by atoms with van der Waals surface area (Å²) >= 11 is 2.70. The van der Waals surface area contributed by atoms with Crippen LogP contribution in [0.5, 0.6) is 0 Å². The molecule has 1 aliphatic heterocycles. The monoisotopic (exact) mass is 235 g/mol. The Labute approximate surface area is 96.9 Å². The Morgan fingerprint density at radius 3 is 2.67 bits per heavy atom. The Hall–Kier alpha value is -1.000. The first-order valence-electron chi connectivity index (χ1n) is 4.41. The van der Waals surface area contributed by atoms with Crippen LogP contribution in [0.4, 0.5) is 0 Å². The van der Waals surface area contributed by atoms with Gasteiger partial charge in [-0.05, 0) is 29.7 Å². The van der Waals surface area contributed by atoms with Crippen molar-refractivity contribution >= 4 is 39.1 Å². The van der Waals surface area contributed by atoms with E-state index in [4.69, 9.17) is 0 Å². The molecule has 0 N–H and O–H groups in total. The lowest BCUT2D eigenvalue weighted by Crippen LogP contribution is -1.87. The average molecular weight is 235 g/mol. The molecule has 2 rings (SSSR count). The molecule has 76 valence electrons. The van der Waals surface area contributed by atoms with Crippen LogP contribution in [0.3, 0.4) is 0 Å². The van der Waals surface area contributed by atoms with Crippen LogP contribution in [0.25, 0.3) is 6.08 Å². The maximum Gasteiger partial charge on any atom is 0.244 e. The molecule has 1 heterocycles. The number of aliphatic imine (C=N–C) groups is 1. The fraction of sp³-hybridized carbons (Fsp3) is 0.0909. The van der Waals surface area contributed by atoms with Gasteiger partial charge in [0.1, 0.15) is 10.1 Å². The van der Waals surface area contributed by atoms with Gasteiger partial charge in [0.15, 0.2) is 0 Å². The minimum atomic E-state index is 0.0307. The van der Waals surface area contributed by atoms with E-state index in [1.807, 2.05) is 42.7 Å². The van der Waals surface area contributed by atoms with Crippen LogP contribution < -0.4 is 0 Å². The first-order chi connectivity index (χ1) is 7.29. The van der Waals surface area contributed by atoms with E-state index in [-0.39, 0.29) is 5.12 Å². The summed E-state index contributed by atoms with van der Waals surface area (Å²) in [5, 5.41) is 0.0307. The average Bonchev–Trinajstić information content (AvgIpc) is 2.61. The number of thioether (sulfide) groups is 2. The SMILES string of the molecule is CSC1=N/C(=C\c2ccccc2)C(=O)S1. The molecule has 0 spiro atoms. The number of rotatable bonds is 1. The molecule has 0 radical (unpaired) electrons. The molecule has 0 atom stereocenters. The number of hydrogen-bond acceptors (Lipinski definition) is 4. The molecule has 1 aromatic carbocycles. The summed E-state index contributed by atoms with van der Waals surface area (Å²) in [4.78, 5) is 15.8. The smallest absolute Gasteiger partial charge is 0.244 e. The standard InChI is InChI=1S/C11H9NOS2/c1-14-11-12-9(10(13)15-11)7-8-5-3-2-4-6-8/h2-7H,1H3/b9-7-. The van der Waals surface area contributed by atoms with Crippen LogP contribution in [0.15, 0.2) is 41.0 Å². The first kappa shape index (κ1) is 10.5. The van der Waals surface area contributed by atoms with Crippen LogP contribution in [0.2, 0.25) is 0 Å². The third kappa shape index (κ3) is 2.52. The van der Waals surface area contributed by atoms with Crippen molar-refractivity contribution in [3.8, 4) is 0 Å². The molecule has 0 fully saturated rings. The van der Waals surface area contributed by atoms with Gasteiger partial charge in [-0.3, -0.25) is 4.79 Å². The van der Waals surface area contributed by atoms with Crippen LogP contribution in [0, 0.1) is 0 Å². The zero-order valence-electron chi connectivity index (χ0n) is 8.14. The van der Waals surface area contributed by atoms with Crippen molar-refractivity contribution in [1.82, 2.24) is 0 Å². The Bertz CT molecular complexity index is 437. The van der Waals surface area contributed by atoms with Crippen LogP contribution in [0.1, 0.15) is 5.56 Å². The predicted octanol–water partition coefficient (Wildman–Crippen LogP) is 3.02. The van der Waals surface area contributed by atoms with Crippen molar-refractivity contribution in [3.63, 3.8) is 0 Å². The molecular formula is C11H9NOS2. The van der Waals surface area contributed by atoms with Crippen molar-refractivity contribution < 1.29 is 4.79 Å². The molecule has 1 aromatic rings. The van der Waals surface area contributed by atoms with Gasteiger partial charge in [-0.1, -0.05) is 30.3 Å². The van der Waals surface area contributed by atoms with Gasteiger partial charge < -0.3 is 0 Å². The molecule has 2 nitrogen and oxygen atoms in total. The molecule has 15 heavy (non-hydrogen) atoms. The minimum Gasteiger partial charge on any atom is -0.279 e. The van der Waals surface area contributed by atoms with E-state index >= 15 is 0 Å². The second kappa shape index (κ2) is 4.68. The second-order valence-corrected chi connectivity index (χ2v) is 4.93. The van der Waals surface area contributed by atoms with Crippen molar-refractivity contribution in [1.29, 1.82) is 0 Å².